The molecule has 2 aromatic carbocycles. The fraction of sp³-hybridized carbons (Fsp3) is 0.455. The van der Waals surface area contributed by atoms with Gasteiger partial charge in [0, 0.05) is 12.6 Å². The van der Waals surface area contributed by atoms with Gasteiger partial charge in [-0.05, 0) is 62.3 Å². The normalized spacial score (nSPS) is 20.6. The molecule has 0 aliphatic carbocycles. The maximum absolute atomic E-state index is 13.8. The Bertz CT molecular complexity index is 1440. The van der Waals surface area contributed by atoms with Crippen molar-refractivity contribution in [1.82, 2.24) is 20.9 Å². The minimum atomic E-state index is -2.07. The van der Waals surface area contributed by atoms with Crippen molar-refractivity contribution in [2.45, 2.75) is 94.7 Å². The lowest BCUT2D eigenvalue weighted by Gasteiger charge is -2.35. The molecular formula is C33H41N5O9. The lowest BCUT2D eigenvalue weighted by molar-refractivity contribution is -0.159. The fourth-order valence-corrected chi connectivity index (χ4v) is 5.91. The first-order valence-electron chi connectivity index (χ1n) is 15.7. The summed E-state index contributed by atoms with van der Waals surface area (Å²) in [5.41, 5.74) is 7.71. The minimum Gasteiger partial charge on any atom is -0.478 e. The van der Waals surface area contributed by atoms with Crippen LogP contribution in [0.15, 0.2) is 54.6 Å². The van der Waals surface area contributed by atoms with Crippen molar-refractivity contribution in [3.8, 4) is 5.75 Å². The van der Waals surface area contributed by atoms with Crippen LogP contribution in [0, 0.1) is 0 Å². The van der Waals surface area contributed by atoms with Crippen LogP contribution in [-0.2, 0) is 41.7 Å². The molecule has 47 heavy (non-hydrogen) atoms. The number of carbonyl (C=O) groups is 6. The van der Waals surface area contributed by atoms with Gasteiger partial charge in [-0.15, -0.1) is 0 Å². The van der Waals surface area contributed by atoms with E-state index in [2.05, 4.69) is 16.0 Å². The number of fused-ring (bicyclic) bond motifs is 1. The maximum Gasteiger partial charge on any atom is 0.356 e. The number of carbonyl (C=O) groups excluding carboxylic acids is 4. The number of hydrogen-bond acceptors (Lipinski definition) is 8. The second kappa shape index (κ2) is 16.0. The van der Waals surface area contributed by atoms with E-state index in [9.17, 15) is 28.8 Å². The monoisotopic (exact) mass is 651 g/mol. The van der Waals surface area contributed by atoms with Crippen LogP contribution in [-0.4, -0.2) is 87.0 Å². The van der Waals surface area contributed by atoms with E-state index >= 15 is 0 Å². The van der Waals surface area contributed by atoms with Crippen molar-refractivity contribution in [1.29, 1.82) is 0 Å². The van der Waals surface area contributed by atoms with Crippen LogP contribution in [0.25, 0.3) is 0 Å². The molecule has 2 fully saturated rings. The van der Waals surface area contributed by atoms with Crippen LogP contribution < -0.4 is 26.4 Å². The highest BCUT2D eigenvalue weighted by Gasteiger charge is 2.44. The molecule has 0 unspecified atom stereocenters. The molecule has 0 bridgehead atoms. The molecule has 0 radical (unpaired) electrons. The van der Waals surface area contributed by atoms with Gasteiger partial charge in [-0.25, -0.2) is 9.59 Å². The molecule has 2 heterocycles. The third-order valence-electron chi connectivity index (χ3n) is 8.43. The zero-order valence-corrected chi connectivity index (χ0v) is 26.1. The molecule has 0 saturated carbocycles. The summed E-state index contributed by atoms with van der Waals surface area (Å²) >= 11 is 0. The summed E-state index contributed by atoms with van der Waals surface area (Å²) in [4.78, 5) is 76.7. The van der Waals surface area contributed by atoms with Gasteiger partial charge >= 0.3 is 11.9 Å². The lowest BCUT2D eigenvalue weighted by Crippen LogP contribution is -2.59. The van der Waals surface area contributed by atoms with E-state index in [1.807, 2.05) is 30.3 Å². The van der Waals surface area contributed by atoms with Crippen LogP contribution >= 0.6 is 0 Å². The smallest absolute Gasteiger partial charge is 0.356 e. The zero-order valence-electron chi connectivity index (χ0n) is 26.1. The van der Waals surface area contributed by atoms with E-state index in [0.29, 0.717) is 37.8 Å². The Morgan fingerprint density at radius 2 is 1.55 bits per heavy atom. The van der Waals surface area contributed by atoms with Gasteiger partial charge in [-0.1, -0.05) is 55.3 Å². The third-order valence-corrected chi connectivity index (χ3v) is 8.43. The van der Waals surface area contributed by atoms with E-state index in [1.165, 1.54) is 24.3 Å². The summed E-state index contributed by atoms with van der Waals surface area (Å²) in [7, 11) is 0. The number of nitrogens with one attached hydrogen (secondary N) is 3. The second-order valence-corrected chi connectivity index (χ2v) is 11.9. The Hall–Kier alpha value is -4.98. The Kier molecular flexibility index (Phi) is 11.9. The average molecular weight is 652 g/mol. The van der Waals surface area contributed by atoms with Crippen molar-refractivity contribution in [3.05, 3.63) is 65.7 Å². The second-order valence-electron chi connectivity index (χ2n) is 11.9. The minimum absolute atomic E-state index is 0.0163. The van der Waals surface area contributed by atoms with E-state index in [1.54, 1.807) is 11.8 Å². The van der Waals surface area contributed by atoms with Gasteiger partial charge in [0.1, 0.15) is 23.9 Å². The van der Waals surface area contributed by atoms with Gasteiger partial charge in [-0.3, -0.25) is 19.2 Å². The Balaban J connectivity index is 1.34. The molecule has 7 N–H and O–H groups in total. The summed E-state index contributed by atoms with van der Waals surface area (Å²) in [5, 5.41) is 26.3. The SMILES string of the molecule is C[C@H](NC(=O)[C@@H]1CC[C@@H]2CCCC[C@H](NC(=O)[C@@H](N)Cc3ccc(OC(C(=O)O)C(=O)O)cc3)C(=O)N21)C(=O)NCc1ccccc1. The number of aliphatic carboxylic acids is 2. The van der Waals surface area contributed by atoms with E-state index in [0.717, 1.165) is 18.4 Å². The van der Waals surface area contributed by atoms with Crippen molar-refractivity contribution in [2.24, 2.45) is 5.73 Å². The number of nitrogens with two attached hydrogens (primary N) is 1. The standard InChI is InChI=1S/C33H41N5O9/c1-19(28(39)35-18-21-7-3-2-4-8-21)36-30(41)26-16-13-22-9-5-6-10-25(31(42)38(22)26)37-29(40)24(34)17-20-11-14-23(15-12-20)47-27(32(43)44)33(45)46/h2-4,7-8,11-12,14-15,19,22,24-27H,5-6,9-10,13,16-18,34H2,1H3,(H,35,39)(H,36,41)(H,37,40)(H,43,44)(H,45,46)/t19-,22-,24-,25-,26-/m0/s1. The maximum atomic E-state index is 13.8. The molecule has 2 aliphatic rings. The molecule has 4 amide bonds. The highest BCUT2D eigenvalue weighted by Crippen LogP contribution is 2.31. The summed E-state index contributed by atoms with van der Waals surface area (Å²) in [6.45, 7) is 1.91. The number of ether oxygens (including phenoxy) is 1. The van der Waals surface area contributed by atoms with Gasteiger partial charge in [0.2, 0.25) is 23.6 Å². The van der Waals surface area contributed by atoms with Crippen molar-refractivity contribution < 1.29 is 43.7 Å². The average Bonchev–Trinajstić information content (AvgIpc) is 3.47. The summed E-state index contributed by atoms with van der Waals surface area (Å²) in [5.74, 6) is -4.95. The quantitative estimate of drug-likeness (QED) is 0.167. The number of hydrogen-bond donors (Lipinski definition) is 6. The summed E-state index contributed by atoms with van der Waals surface area (Å²) in [6.07, 6.45) is 1.74. The van der Waals surface area contributed by atoms with Gasteiger partial charge < -0.3 is 41.5 Å². The molecule has 0 aromatic heterocycles. The van der Waals surface area contributed by atoms with Crippen LogP contribution in [0.3, 0.4) is 0 Å². The third kappa shape index (κ3) is 9.28. The molecule has 14 nitrogen and oxygen atoms in total. The first kappa shape index (κ1) is 34.9. The molecule has 14 heteroatoms. The molecule has 0 spiro atoms. The molecule has 5 atom stereocenters. The Morgan fingerprint density at radius 1 is 0.894 bits per heavy atom. The lowest BCUT2D eigenvalue weighted by atomic mass is 9.98. The van der Waals surface area contributed by atoms with Crippen LogP contribution in [0.1, 0.15) is 56.6 Å². The Morgan fingerprint density at radius 3 is 2.21 bits per heavy atom. The van der Waals surface area contributed by atoms with Crippen molar-refractivity contribution in [2.75, 3.05) is 0 Å². The molecule has 2 aliphatic heterocycles. The molecule has 4 rings (SSSR count). The highest BCUT2D eigenvalue weighted by molar-refractivity contribution is 5.96. The summed E-state index contributed by atoms with van der Waals surface area (Å²) in [6, 6.07) is 11.6. The number of carboxylic acid groups (broad SMARTS) is 2. The molecule has 252 valence electrons. The zero-order chi connectivity index (χ0) is 34.1. The number of rotatable bonds is 13. The van der Waals surface area contributed by atoms with Crippen LogP contribution in [0.5, 0.6) is 5.75 Å². The van der Waals surface area contributed by atoms with Gasteiger partial charge in [0.25, 0.3) is 6.10 Å². The van der Waals surface area contributed by atoms with Gasteiger partial charge in [-0.2, -0.15) is 0 Å². The molecule has 2 saturated heterocycles. The topological polar surface area (TPSA) is 217 Å². The predicted molar refractivity (Wildman–Crippen MR) is 168 cm³/mol. The van der Waals surface area contributed by atoms with Crippen LogP contribution in [0.2, 0.25) is 0 Å². The Labute approximate surface area is 272 Å². The van der Waals surface area contributed by atoms with E-state index in [-0.39, 0.29) is 30.0 Å². The van der Waals surface area contributed by atoms with Crippen LogP contribution in [0.4, 0.5) is 0 Å². The number of carboxylic acids is 2. The van der Waals surface area contributed by atoms with Gasteiger partial charge in [0.15, 0.2) is 0 Å². The number of nitrogens with zero attached hydrogens (tertiary/aromatic N) is 1. The highest BCUT2D eigenvalue weighted by atomic mass is 16.5. The van der Waals surface area contributed by atoms with Gasteiger partial charge in [0.05, 0.1) is 6.04 Å². The molecular weight excluding hydrogens is 610 g/mol. The largest absolute Gasteiger partial charge is 0.478 e. The fourth-order valence-electron chi connectivity index (χ4n) is 5.91. The first-order valence-corrected chi connectivity index (χ1v) is 15.7. The van der Waals surface area contributed by atoms with E-state index < -0.39 is 54.0 Å². The van der Waals surface area contributed by atoms with E-state index in [4.69, 9.17) is 20.7 Å². The number of amides is 4. The van der Waals surface area contributed by atoms with Crippen molar-refractivity contribution in [3.63, 3.8) is 0 Å². The predicted octanol–water partition coefficient (Wildman–Crippen LogP) is 0.713. The molecule has 2 aromatic rings. The first-order chi connectivity index (χ1) is 22.4. The summed E-state index contributed by atoms with van der Waals surface area (Å²) < 4.78 is 5.00. The number of benzene rings is 2. The van der Waals surface area contributed by atoms with Crippen molar-refractivity contribution >= 4 is 35.6 Å².